The Hall–Kier alpha value is -3.15. The first kappa shape index (κ1) is 19.2. The molecule has 4 aromatic rings. The minimum Gasteiger partial charge on any atom is -0.350 e. The third kappa shape index (κ3) is 3.75. The zero-order valence-corrected chi connectivity index (χ0v) is 16.8. The van der Waals surface area contributed by atoms with Crippen molar-refractivity contribution in [2.75, 3.05) is 6.54 Å². The Bertz CT molecular complexity index is 1170. The van der Waals surface area contributed by atoms with Crippen molar-refractivity contribution in [3.05, 3.63) is 65.4 Å². The van der Waals surface area contributed by atoms with E-state index < -0.39 is 0 Å². The number of amides is 1. The lowest BCUT2D eigenvalue weighted by Crippen LogP contribution is -2.28. The molecule has 2 aromatic carbocycles. The molecule has 0 unspecified atom stereocenters. The predicted octanol–water partition coefficient (Wildman–Crippen LogP) is 4.74. The number of carbonyl (C=O) groups excluding carboxylic acids is 1. The van der Waals surface area contributed by atoms with Crippen LogP contribution in [0.25, 0.3) is 21.9 Å². The van der Waals surface area contributed by atoms with Gasteiger partial charge in [-0.15, -0.1) is 0 Å². The second kappa shape index (κ2) is 8.07. The van der Waals surface area contributed by atoms with Crippen molar-refractivity contribution in [2.24, 2.45) is 0 Å². The fourth-order valence-electron chi connectivity index (χ4n) is 3.85. The minimum absolute atomic E-state index is 0.0723. The number of hydrogen-bond donors (Lipinski definition) is 2. The summed E-state index contributed by atoms with van der Waals surface area (Å²) >= 11 is 0. The van der Waals surface area contributed by atoms with Gasteiger partial charge < -0.3 is 14.9 Å². The molecule has 2 heterocycles. The van der Waals surface area contributed by atoms with Crippen molar-refractivity contribution in [2.45, 2.75) is 39.7 Å². The fraction of sp³-hybridized carbons (Fsp3) is 0.304. The molecule has 6 heteroatoms. The van der Waals surface area contributed by atoms with Crippen LogP contribution in [0.1, 0.15) is 41.6 Å². The number of halogens is 1. The molecule has 0 atom stereocenters. The van der Waals surface area contributed by atoms with E-state index in [-0.39, 0.29) is 11.7 Å². The van der Waals surface area contributed by atoms with Gasteiger partial charge in [-0.1, -0.05) is 31.5 Å². The number of nitrogens with one attached hydrogen (secondary N) is 2. The molecule has 150 valence electrons. The molecule has 0 aliphatic carbocycles. The largest absolute Gasteiger partial charge is 0.350 e. The molecule has 4 rings (SSSR count). The normalized spacial score (nSPS) is 11.4. The summed E-state index contributed by atoms with van der Waals surface area (Å²) in [5.74, 6) is 0.363. The number of aromatic amines is 1. The smallest absolute Gasteiger partial charge is 0.268 e. The zero-order valence-electron chi connectivity index (χ0n) is 16.8. The second-order valence-electron chi connectivity index (χ2n) is 7.35. The second-order valence-corrected chi connectivity index (χ2v) is 7.35. The van der Waals surface area contributed by atoms with Crippen LogP contribution in [0.4, 0.5) is 4.39 Å². The van der Waals surface area contributed by atoms with Crippen molar-refractivity contribution in [1.29, 1.82) is 0 Å². The van der Waals surface area contributed by atoms with E-state index in [2.05, 4.69) is 38.9 Å². The monoisotopic (exact) mass is 392 g/mol. The molecule has 0 spiro atoms. The average Bonchev–Trinajstić information content (AvgIpc) is 3.24. The van der Waals surface area contributed by atoms with Crippen molar-refractivity contribution < 1.29 is 9.18 Å². The molecular weight excluding hydrogens is 367 g/mol. The fourth-order valence-corrected chi connectivity index (χ4v) is 3.85. The molecule has 2 N–H and O–H groups in total. The molecule has 0 saturated heterocycles. The van der Waals surface area contributed by atoms with Crippen LogP contribution in [0.15, 0.2) is 42.5 Å². The lowest BCUT2D eigenvalue weighted by molar-refractivity contribution is 0.0944. The molecule has 0 saturated carbocycles. The third-order valence-corrected chi connectivity index (χ3v) is 5.31. The Labute approximate surface area is 168 Å². The number of unbranched alkanes of at least 4 members (excludes halogenated alkanes) is 1. The number of rotatable bonds is 7. The van der Waals surface area contributed by atoms with E-state index in [1.165, 1.54) is 12.1 Å². The highest BCUT2D eigenvalue weighted by atomic mass is 19.1. The van der Waals surface area contributed by atoms with Crippen LogP contribution in [0.5, 0.6) is 0 Å². The van der Waals surface area contributed by atoms with Crippen LogP contribution in [0, 0.1) is 12.7 Å². The van der Waals surface area contributed by atoms with E-state index in [1.807, 2.05) is 19.1 Å². The molecule has 29 heavy (non-hydrogen) atoms. The van der Waals surface area contributed by atoms with E-state index in [4.69, 9.17) is 0 Å². The number of para-hydroxylation sites is 1. The SMILES string of the molecule is CCCCn1c(C(=O)NCCc2nc3ccc(F)cc3[nH]2)c(C)c2ccccc21. The van der Waals surface area contributed by atoms with Crippen molar-refractivity contribution in [3.63, 3.8) is 0 Å². The Kier molecular flexibility index (Phi) is 5.34. The Morgan fingerprint density at radius 3 is 2.90 bits per heavy atom. The number of H-pyrrole nitrogens is 1. The van der Waals surface area contributed by atoms with Crippen LogP contribution >= 0.6 is 0 Å². The number of nitrogens with zero attached hydrogens (tertiary/aromatic N) is 2. The summed E-state index contributed by atoms with van der Waals surface area (Å²) in [6.45, 7) is 5.43. The summed E-state index contributed by atoms with van der Waals surface area (Å²) in [5.41, 5.74) is 4.23. The van der Waals surface area contributed by atoms with Gasteiger partial charge >= 0.3 is 0 Å². The minimum atomic E-state index is -0.295. The Morgan fingerprint density at radius 2 is 2.07 bits per heavy atom. The van der Waals surface area contributed by atoms with E-state index >= 15 is 0 Å². The highest BCUT2D eigenvalue weighted by Crippen LogP contribution is 2.26. The van der Waals surface area contributed by atoms with Crippen LogP contribution < -0.4 is 5.32 Å². The number of imidazole rings is 1. The molecule has 1 amide bonds. The van der Waals surface area contributed by atoms with Crippen LogP contribution in [-0.2, 0) is 13.0 Å². The molecule has 5 nitrogen and oxygen atoms in total. The van der Waals surface area contributed by atoms with Gasteiger partial charge in [0, 0.05) is 30.4 Å². The number of aromatic nitrogens is 3. The molecule has 0 aliphatic rings. The van der Waals surface area contributed by atoms with Gasteiger partial charge in [0.1, 0.15) is 17.3 Å². The van der Waals surface area contributed by atoms with Gasteiger partial charge in [0.25, 0.3) is 5.91 Å². The molecule has 0 aliphatic heterocycles. The van der Waals surface area contributed by atoms with Crippen molar-refractivity contribution in [1.82, 2.24) is 19.9 Å². The summed E-state index contributed by atoms with van der Waals surface area (Å²) in [4.78, 5) is 20.6. The van der Waals surface area contributed by atoms with Gasteiger partial charge in [0.15, 0.2) is 0 Å². The predicted molar refractivity (Wildman–Crippen MR) is 114 cm³/mol. The van der Waals surface area contributed by atoms with E-state index in [1.54, 1.807) is 6.07 Å². The maximum absolute atomic E-state index is 13.3. The van der Waals surface area contributed by atoms with Crippen LogP contribution in [0.3, 0.4) is 0 Å². The third-order valence-electron chi connectivity index (χ3n) is 5.31. The summed E-state index contributed by atoms with van der Waals surface area (Å²) < 4.78 is 15.5. The summed E-state index contributed by atoms with van der Waals surface area (Å²) in [6, 6.07) is 12.6. The Balaban J connectivity index is 1.51. The highest BCUT2D eigenvalue weighted by molar-refractivity contribution is 6.01. The Morgan fingerprint density at radius 1 is 1.24 bits per heavy atom. The van der Waals surface area contributed by atoms with E-state index in [9.17, 15) is 9.18 Å². The highest BCUT2D eigenvalue weighted by Gasteiger charge is 2.19. The van der Waals surface area contributed by atoms with Crippen LogP contribution in [0.2, 0.25) is 0 Å². The van der Waals surface area contributed by atoms with Gasteiger partial charge in [-0.3, -0.25) is 4.79 Å². The maximum atomic E-state index is 13.3. The van der Waals surface area contributed by atoms with Gasteiger partial charge in [-0.05, 0) is 43.2 Å². The summed E-state index contributed by atoms with van der Waals surface area (Å²) in [6.07, 6.45) is 2.64. The number of aryl methyl sites for hydroxylation is 2. The number of fused-ring (bicyclic) bond motifs is 2. The van der Waals surface area contributed by atoms with E-state index in [0.717, 1.165) is 52.9 Å². The number of carbonyl (C=O) groups is 1. The summed E-state index contributed by atoms with van der Waals surface area (Å²) in [5, 5.41) is 4.15. The van der Waals surface area contributed by atoms with Gasteiger partial charge in [0.2, 0.25) is 0 Å². The molecular formula is C23H25FN4O. The molecule has 0 bridgehead atoms. The topological polar surface area (TPSA) is 62.7 Å². The standard InChI is InChI=1S/C23H25FN4O/c1-3-4-13-28-20-8-6-5-7-17(20)15(2)22(28)23(29)25-12-11-21-26-18-10-9-16(24)14-19(18)27-21/h5-10,14H,3-4,11-13H2,1-2H3,(H,25,29)(H,26,27). The zero-order chi connectivity index (χ0) is 20.4. The first-order chi connectivity index (χ1) is 14.1. The number of hydrogen-bond acceptors (Lipinski definition) is 2. The van der Waals surface area contributed by atoms with Crippen molar-refractivity contribution in [3.8, 4) is 0 Å². The molecule has 2 aromatic heterocycles. The maximum Gasteiger partial charge on any atom is 0.268 e. The first-order valence-electron chi connectivity index (χ1n) is 10.1. The van der Waals surface area contributed by atoms with Gasteiger partial charge in [-0.2, -0.15) is 0 Å². The molecule has 0 fully saturated rings. The molecule has 0 radical (unpaired) electrons. The van der Waals surface area contributed by atoms with Crippen molar-refractivity contribution >= 4 is 27.8 Å². The lowest BCUT2D eigenvalue weighted by Gasteiger charge is -2.11. The quantitative estimate of drug-likeness (QED) is 0.477. The van der Waals surface area contributed by atoms with Crippen LogP contribution in [-0.4, -0.2) is 27.0 Å². The van der Waals surface area contributed by atoms with Gasteiger partial charge in [-0.25, -0.2) is 9.37 Å². The lowest BCUT2D eigenvalue weighted by atomic mass is 10.1. The average molecular weight is 392 g/mol. The first-order valence-corrected chi connectivity index (χ1v) is 10.1. The summed E-state index contributed by atoms with van der Waals surface area (Å²) in [7, 11) is 0. The van der Waals surface area contributed by atoms with E-state index in [0.29, 0.717) is 18.5 Å². The number of benzene rings is 2. The van der Waals surface area contributed by atoms with Gasteiger partial charge in [0.05, 0.1) is 11.0 Å².